The zero-order valence-electron chi connectivity index (χ0n) is 21.2. The lowest BCUT2D eigenvalue weighted by atomic mass is 10.1. The van der Waals surface area contributed by atoms with Crippen LogP contribution in [0.5, 0.6) is 11.5 Å². The first-order chi connectivity index (χ1) is 18.5. The topological polar surface area (TPSA) is 210 Å². The van der Waals surface area contributed by atoms with E-state index < -0.39 is 15.9 Å². The summed E-state index contributed by atoms with van der Waals surface area (Å²) in [6.45, 7) is 0.407. The number of rotatable bonds is 13. The Morgan fingerprint density at radius 3 is 2.44 bits per heavy atom. The number of ether oxygens (including phenoxy) is 3. The molecule has 0 aliphatic heterocycles. The predicted octanol–water partition coefficient (Wildman–Crippen LogP) is 0.661. The second-order valence-corrected chi connectivity index (χ2v) is 10.5. The molecule has 0 saturated heterocycles. The highest BCUT2D eigenvalue weighted by atomic mass is 32.2. The number of hydrogen-bond acceptors (Lipinski definition) is 12. The van der Waals surface area contributed by atoms with Crippen molar-refractivity contribution in [3.05, 3.63) is 60.3 Å². The van der Waals surface area contributed by atoms with Crippen LogP contribution >= 0.6 is 11.3 Å². The summed E-state index contributed by atoms with van der Waals surface area (Å²) in [4.78, 5) is 25.5. The van der Waals surface area contributed by atoms with Crippen LogP contribution in [-0.2, 0) is 30.8 Å². The van der Waals surface area contributed by atoms with Crippen molar-refractivity contribution in [3.8, 4) is 11.5 Å². The molecule has 15 heteroatoms. The summed E-state index contributed by atoms with van der Waals surface area (Å²) in [6, 6.07) is 12.4. The normalized spacial score (nSPS) is 11.1. The number of fused-ring (bicyclic) bond motifs is 1. The third-order valence-electron chi connectivity index (χ3n) is 4.69. The summed E-state index contributed by atoms with van der Waals surface area (Å²) >= 11 is 0.968. The zero-order valence-corrected chi connectivity index (χ0v) is 22.8. The van der Waals surface area contributed by atoms with Crippen molar-refractivity contribution in [2.75, 3.05) is 33.5 Å². The molecule has 1 heterocycles. The van der Waals surface area contributed by atoms with Crippen molar-refractivity contribution in [3.63, 3.8) is 0 Å². The van der Waals surface area contributed by atoms with Gasteiger partial charge in [0.15, 0.2) is 0 Å². The van der Waals surface area contributed by atoms with Crippen LogP contribution in [0.1, 0.15) is 12.0 Å². The molecule has 212 valence electrons. The van der Waals surface area contributed by atoms with Crippen LogP contribution < -0.4 is 26.2 Å². The average molecular weight is 582 g/mol. The van der Waals surface area contributed by atoms with Crippen LogP contribution in [-0.4, -0.2) is 68.9 Å². The second kappa shape index (κ2) is 15.6. The average Bonchev–Trinajstić information content (AvgIpc) is 3.33. The van der Waals surface area contributed by atoms with E-state index in [1.54, 1.807) is 24.3 Å². The molecule has 0 aliphatic carbocycles. The van der Waals surface area contributed by atoms with Gasteiger partial charge < -0.3 is 30.1 Å². The number of aromatic nitrogens is 1. The van der Waals surface area contributed by atoms with E-state index in [1.807, 2.05) is 24.3 Å². The van der Waals surface area contributed by atoms with Crippen molar-refractivity contribution in [2.45, 2.75) is 17.2 Å². The highest BCUT2D eigenvalue weighted by Crippen LogP contribution is 2.28. The summed E-state index contributed by atoms with van der Waals surface area (Å²) < 4.78 is 38.3. The number of nitrogens with zero attached hydrogens (tertiary/aromatic N) is 2. The first kappa shape index (κ1) is 31.5. The number of carbonyl (C=O) groups excluding carboxylic acids is 2. The molecule has 0 bridgehead atoms. The molecule has 13 nitrogen and oxygen atoms in total. The van der Waals surface area contributed by atoms with Crippen LogP contribution in [0.2, 0.25) is 0 Å². The maximum atomic E-state index is 11.3. The SMILES string of the molecule is COC(=O)CCc1ccc(OCCO)cc1.NC(=O)CN(N)/C=C/COc1ccc2nc(S(N)(=O)=O)sc2c1. The first-order valence-corrected chi connectivity index (χ1v) is 13.8. The number of carbonyl (C=O) groups is 2. The minimum Gasteiger partial charge on any atom is -0.491 e. The number of thiazole rings is 1. The van der Waals surface area contributed by atoms with Crippen molar-refractivity contribution in [2.24, 2.45) is 16.7 Å². The molecule has 0 saturated carbocycles. The Labute approximate surface area is 229 Å². The lowest BCUT2D eigenvalue weighted by Crippen LogP contribution is -2.34. The first-order valence-electron chi connectivity index (χ1n) is 11.4. The van der Waals surface area contributed by atoms with Crippen molar-refractivity contribution in [1.82, 2.24) is 9.99 Å². The van der Waals surface area contributed by atoms with E-state index in [4.69, 9.17) is 31.3 Å². The van der Waals surface area contributed by atoms with Crippen molar-refractivity contribution in [1.29, 1.82) is 0 Å². The number of amides is 1. The summed E-state index contributed by atoms with van der Waals surface area (Å²) in [5.41, 5.74) is 6.57. The van der Waals surface area contributed by atoms with Crippen molar-refractivity contribution < 1.29 is 37.3 Å². The molecule has 0 fully saturated rings. The number of aliphatic hydroxyl groups is 1. The highest BCUT2D eigenvalue weighted by molar-refractivity contribution is 7.91. The highest BCUT2D eigenvalue weighted by Gasteiger charge is 2.14. The number of sulfonamides is 1. The van der Waals surface area contributed by atoms with E-state index in [0.29, 0.717) is 35.4 Å². The maximum Gasteiger partial charge on any atom is 0.305 e. The number of aliphatic hydroxyl groups excluding tert-OH is 1. The molecule has 0 spiro atoms. The Morgan fingerprint density at radius 1 is 1.13 bits per heavy atom. The Bertz CT molecular complexity index is 1360. The maximum absolute atomic E-state index is 11.3. The number of primary sulfonamides is 1. The fourth-order valence-corrected chi connectivity index (χ4v) is 4.60. The Kier molecular flexibility index (Phi) is 12.6. The second-order valence-electron chi connectivity index (χ2n) is 7.78. The molecule has 39 heavy (non-hydrogen) atoms. The number of methoxy groups -OCH3 is 1. The number of aryl methyl sites for hydroxylation is 1. The standard InChI is InChI=1S/C12H15N5O4S2.C12H16O4/c13-11(18)7-17(14)4-1-5-21-8-2-3-9-10(6-8)22-12(16-9)23(15,19)20;1-15-12(14)7-4-10-2-5-11(6-3-10)16-9-8-13/h1-4,6H,5,7,14H2,(H2,13,18)(H2,15,19,20);2-3,5-6,13H,4,7-9H2,1H3/b4-1+;. The minimum atomic E-state index is -3.82. The number of nitrogens with two attached hydrogens (primary N) is 3. The molecule has 3 aromatic rings. The Hall–Kier alpha value is -3.76. The molecule has 3 rings (SSSR count). The van der Waals surface area contributed by atoms with E-state index in [2.05, 4.69) is 9.72 Å². The van der Waals surface area contributed by atoms with Crippen molar-refractivity contribution >= 4 is 43.5 Å². The molecular weight excluding hydrogens is 550 g/mol. The van der Waals surface area contributed by atoms with Gasteiger partial charge in [-0.2, -0.15) is 0 Å². The van der Waals surface area contributed by atoms with E-state index in [-0.39, 0.29) is 30.1 Å². The quantitative estimate of drug-likeness (QED) is 0.125. The van der Waals surface area contributed by atoms with Crippen LogP contribution in [0.3, 0.4) is 0 Å². The van der Waals surface area contributed by atoms with Crippen LogP contribution in [0.4, 0.5) is 0 Å². The van der Waals surface area contributed by atoms with Gasteiger partial charge in [0.05, 0.1) is 23.9 Å². The lowest BCUT2D eigenvalue weighted by Gasteiger charge is -2.10. The summed E-state index contributed by atoms with van der Waals surface area (Å²) in [5.74, 6) is 5.99. The number of hydrogen-bond donors (Lipinski definition) is 4. The van der Waals surface area contributed by atoms with Gasteiger partial charge in [0.2, 0.25) is 10.2 Å². The summed E-state index contributed by atoms with van der Waals surface area (Å²) in [7, 11) is -2.44. The number of hydrazine groups is 1. The number of primary amides is 1. The number of benzene rings is 2. The third-order valence-corrected chi connectivity index (χ3v) is 7.03. The summed E-state index contributed by atoms with van der Waals surface area (Å²) in [5, 5.41) is 14.8. The smallest absolute Gasteiger partial charge is 0.305 e. The molecule has 0 atom stereocenters. The Morgan fingerprint density at radius 2 is 1.82 bits per heavy atom. The van der Waals surface area contributed by atoms with Gasteiger partial charge in [0.25, 0.3) is 10.0 Å². The predicted molar refractivity (Wildman–Crippen MR) is 145 cm³/mol. The molecule has 1 aromatic heterocycles. The largest absolute Gasteiger partial charge is 0.491 e. The van der Waals surface area contributed by atoms with E-state index >= 15 is 0 Å². The summed E-state index contributed by atoms with van der Waals surface area (Å²) in [6.07, 6.45) is 4.12. The molecule has 0 radical (unpaired) electrons. The lowest BCUT2D eigenvalue weighted by molar-refractivity contribution is -0.140. The van der Waals surface area contributed by atoms with E-state index in [0.717, 1.165) is 27.7 Å². The fraction of sp³-hybridized carbons (Fsp3) is 0.292. The third kappa shape index (κ3) is 11.7. The molecular formula is C24H31N5O8S2. The number of esters is 1. The van der Waals surface area contributed by atoms with Gasteiger partial charge in [-0.3, -0.25) is 9.59 Å². The molecule has 1 amide bonds. The molecule has 0 aliphatic rings. The zero-order chi connectivity index (χ0) is 28.8. The van der Waals surface area contributed by atoms with Gasteiger partial charge >= 0.3 is 5.97 Å². The molecule has 7 N–H and O–H groups in total. The van der Waals surface area contributed by atoms with Crippen LogP contribution in [0.15, 0.2) is 59.1 Å². The van der Waals surface area contributed by atoms with E-state index in [1.165, 1.54) is 13.3 Å². The van der Waals surface area contributed by atoms with Gasteiger partial charge in [0, 0.05) is 12.6 Å². The molecule has 0 unspecified atom stereocenters. The van der Waals surface area contributed by atoms with Gasteiger partial charge in [-0.05, 0) is 48.4 Å². The molecule has 2 aromatic carbocycles. The fourth-order valence-electron chi connectivity index (χ4n) is 2.91. The van der Waals surface area contributed by atoms with Gasteiger partial charge in [0.1, 0.15) is 31.3 Å². The van der Waals surface area contributed by atoms with Gasteiger partial charge in [-0.15, -0.1) is 11.3 Å². The Balaban J connectivity index is 0.000000293. The van der Waals surface area contributed by atoms with Gasteiger partial charge in [-0.25, -0.2) is 24.4 Å². The minimum absolute atomic E-state index is 0.00406. The monoisotopic (exact) mass is 581 g/mol. The van der Waals surface area contributed by atoms with Crippen LogP contribution in [0.25, 0.3) is 10.2 Å². The van der Waals surface area contributed by atoms with Gasteiger partial charge in [-0.1, -0.05) is 12.1 Å². The van der Waals surface area contributed by atoms with Crippen LogP contribution in [0, 0.1) is 0 Å². The van der Waals surface area contributed by atoms with E-state index in [9.17, 15) is 18.0 Å².